The van der Waals surface area contributed by atoms with Crippen molar-refractivity contribution in [3.05, 3.63) is 52.1 Å². The van der Waals surface area contributed by atoms with Crippen molar-refractivity contribution in [3.63, 3.8) is 0 Å². The lowest BCUT2D eigenvalue weighted by Crippen LogP contribution is -2.33. The van der Waals surface area contributed by atoms with Crippen LogP contribution in [0.4, 0.5) is 19.0 Å². The average Bonchev–Trinajstić information content (AvgIpc) is 2.58. The SMILES string of the molecule is Cc1ccc(=O)n(C2CCC(Nc3ccc(C(F)(F)F)cn3)CC2)n1. The molecule has 0 spiro atoms. The number of nitrogens with zero attached hydrogens (tertiary/aromatic N) is 3. The third-order valence-corrected chi connectivity index (χ3v) is 4.44. The minimum Gasteiger partial charge on any atom is -0.367 e. The number of hydrogen-bond acceptors (Lipinski definition) is 4. The Morgan fingerprint density at radius 1 is 1.12 bits per heavy atom. The highest BCUT2D eigenvalue weighted by atomic mass is 19.4. The van der Waals surface area contributed by atoms with Crippen LogP contribution in [-0.2, 0) is 6.18 Å². The van der Waals surface area contributed by atoms with Crippen LogP contribution in [0, 0.1) is 6.92 Å². The number of hydrogen-bond donors (Lipinski definition) is 1. The number of aryl methyl sites for hydroxylation is 1. The smallest absolute Gasteiger partial charge is 0.367 e. The molecule has 1 aliphatic rings. The van der Waals surface area contributed by atoms with Crippen LogP contribution in [0.25, 0.3) is 0 Å². The third kappa shape index (κ3) is 4.18. The Balaban J connectivity index is 1.59. The fraction of sp³-hybridized carbons (Fsp3) is 0.471. The van der Waals surface area contributed by atoms with Gasteiger partial charge in [-0.25, -0.2) is 9.67 Å². The van der Waals surface area contributed by atoms with Crippen molar-refractivity contribution >= 4 is 5.82 Å². The molecule has 25 heavy (non-hydrogen) atoms. The molecular formula is C17H19F3N4O. The van der Waals surface area contributed by atoms with E-state index in [1.807, 2.05) is 6.92 Å². The number of halogens is 3. The van der Waals surface area contributed by atoms with Crippen LogP contribution >= 0.6 is 0 Å². The molecule has 0 saturated heterocycles. The highest BCUT2D eigenvalue weighted by Gasteiger charge is 2.31. The first kappa shape index (κ1) is 17.4. The molecule has 0 atom stereocenters. The van der Waals surface area contributed by atoms with Gasteiger partial charge in [0.25, 0.3) is 5.56 Å². The van der Waals surface area contributed by atoms with Gasteiger partial charge in [-0.15, -0.1) is 0 Å². The zero-order valence-electron chi connectivity index (χ0n) is 13.8. The minimum atomic E-state index is -4.38. The van der Waals surface area contributed by atoms with Crippen molar-refractivity contribution in [1.82, 2.24) is 14.8 Å². The number of pyridine rings is 1. The summed E-state index contributed by atoms with van der Waals surface area (Å²) >= 11 is 0. The number of alkyl halides is 3. The van der Waals surface area contributed by atoms with E-state index in [-0.39, 0.29) is 17.6 Å². The van der Waals surface area contributed by atoms with Gasteiger partial charge < -0.3 is 5.32 Å². The van der Waals surface area contributed by atoms with E-state index in [4.69, 9.17) is 0 Å². The van der Waals surface area contributed by atoms with Gasteiger partial charge in [0, 0.05) is 18.3 Å². The largest absolute Gasteiger partial charge is 0.417 e. The molecule has 1 fully saturated rings. The summed E-state index contributed by atoms with van der Waals surface area (Å²) in [5, 5.41) is 7.47. The summed E-state index contributed by atoms with van der Waals surface area (Å²) in [7, 11) is 0. The summed E-state index contributed by atoms with van der Waals surface area (Å²) < 4.78 is 39.2. The van der Waals surface area contributed by atoms with E-state index in [0.29, 0.717) is 5.82 Å². The van der Waals surface area contributed by atoms with Crippen LogP contribution in [-0.4, -0.2) is 20.8 Å². The molecule has 1 aliphatic carbocycles. The van der Waals surface area contributed by atoms with Crippen LogP contribution in [0.5, 0.6) is 0 Å². The maximum Gasteiger partial charge on any atom is 0.417 e. The van der Waals surface area contributed by atoms with Crippen molar-refractivity contribution in [1.29, 1.82) is 0 Å². The maximum atomic E-state index is 12.5. The van der Waals surface area contributed by atoms with E-state index in [2.05, 4.69) is 15.4 Å². The molecule has 0 amide bonds. The third-order valence-electron chi connectivity index (χ3n) is 4.44. The second-order valence-electron chi connectivity index (χ2n) is 6.34. The number of anilines is 1. The molecule has 1 N–H and O–H groups in total. The summed E-state index contributed by atoms with van der Waals surface area (Å²) in [4.78, 5) is 15.8. The molecule has 8 heteroatoms. The van der Waals surface area contributed by atoms with E-state index in [1.54, 1.807) is 10.7 Å². The average molecular weight is 352 g/mol. The van der Waals surface area contributed by atoms with Crippen molar-refractivity contribution in [2.24, 2.45) is 0 Å². The Kier molecular flexibility index (Phi) is 4.78. The predicted molar refractivity (Wildman–Crippen MR) is 87.4 cm³/mol. The summed E-state index contributed by atoms with van der Waals surface area (Å²) in [6.45, 7) is 1.85. The molecule has 1 saturated carbocycles. The highest BCUT2D eigenvalue weighted by Crippen LogP contribution is 2.31. The highest BCUT2D eigenvalue weighted by molar-refractivity contribution is 5.37. The van der Waals surface area contributed by atoms with Crippen molar-refractivity contribution in [3.8, 4) is 0 Å². The normalized spacial score (nSPS) is 21.1. The van der Waals surface area contributed by atoms with Crippen molar-refractivity contribution in [2.45, 2.75) is 50.9 Å². The van der Waals surface area contributed by atoms with Gasteiger partial charge in [-0.2, -0.15) is 18.3 Å². The van der Waals surface area contributed by atoms with Gasteiger partial charge in [0.2, 0.25) is 0 Å². The quantitative estimate of drug-likeness (QED) is 0.918. The van der Waals surface area contributed by atoms with E-state index < -0.39 is 11.7 Å². The second-order valence-corrected chi connectivity index (χ2v) is 6.34. The van der Waals surface area contributed by atoms with Crippen LogP contribution in [0.1, 0.15) is 43.0 Å². The standard InChI is InChI=1S/C17H19F3N4O/c1-11-2-9-16(25)24(23-11)14-6-4-13(5-7-14)22-15-8-3-12(10-21-15)17(18,19)20/h2-3,8-10,13-14H,4-7H2,1H3,(H,21,22). The Hall–Kier alpha value is -2.38. The van der Waals surface area contributed by atoms with Crippen LogP contribution < -0.4 is 10.9 Å². The molecule has 2 aromatic heterocycles. The summed E-state index contributed by atoms with van der Waals surface area (Å²) in [6, 6.07) is 5.78. The van der Waals surface area contributed by atoms with Gasteiger partial charge >= 0.3 is 6.18 Å². The summed E-state index contributed by atoms with van der Waals surface area (Å²) in [5.41, 5.74) is -0.0631. The minimum absolute atomic E-state index is 0.0611. The lowest BCUT2D eigenvalue weighted by Gasteiger charge is -2.30. The van der Waals surface area contributed by atoms with Gasteiger partial charge in [0.1, 0.15) is 5.82 Å². The van der Waals surface area contributed by atoms with E-state index in [0.717, 1.165) is 43.6 Å². The van der Waals surface area contributed by atoms with Crippen molar-refractivity contribution in [2.75, 3.05) is 5.32 Å². The zero-order valence-corrected chi connectivity index (χ0v) is 13.8. The van der Waals surface area contributed by atoms with Gasteiger partial charge in [-0.1, -0.05) is 0 Å². The Bertz CT molecular complexity index is 778. The second kappa shape index (κ2) is 6.85. The van der Waals surface area contributed by atoms with Crippen LogP contribution in [0.3, 0.4) is 0 Å². The van der Waals surface area contributed by atoms with E-state index in [9.17, 15) is 18.0 Å². The molecule has 0 unspecified atom stereocenters. The molecule has 0 aromatic carbocycles. The van der Waals surface area contributed by atoms with E-state index >= 15 is 0 Å². The molecule has 5 nitrogen and oxygen atoms in total. The predicted octanol–water partition coefficient (Wildman–Crippen LogP) is 3.56. The van der Waals surface area contributed by atoms with Crippen molar-refractivity contribution < 1.29 is 13.2 Å². The Morgan fingerprint density at radius 3 is 2.44 bits per heavy atom. The molecular weight excluding hydrogens is 333 g/mol. The topological polar surface area (TPSA) is 59.8 Å². The first-order valence-corrected chi connectivity index (χ1v) is 8.19. The zero-order chi connectivity index (χ0) is 18.0. The number of aromatic nitrogens is 3. The van der Waals surface area contributed by atoms with Gasteiger partial charge in [-0.05, 0) is 50.8 Å². The van der Waals surface area contributed by atoms with Gasteiger partial charge in [-0.3, -0.25) is 4.79 Å². The monoisotopic (exact) mass is 352 g/mol. The summed E-state index contributed by atoms with van der Waals surface area (Å²) in [6.07, 6.45) is -0.365. The molecule has 3 rings (SSSR count). The first-order chi connectivity index (χ1) is 11.8. The Labute approximate surface area is 142 Å². The first-order valence-electron chi connectivity index (χ1n) is 8.19. The molecule has 2 heterocycles. The molecule has 0 bridgehead atoms. The van der Waals surface area contributed by atoms with E-state index in [1.165, 1.54) is 12.1 Å². The lowest BCUT2D eigenvalue weighted by atomic mass is 9.91. The molecule has 2 aromatic rings. The summed E-state index contributed by atoms with van der Waals surface area (Å²) in [5.74, 6) is 0.433. The number of rotatable bonds is 3. The fourth-order valence-electron chi connectivity index (χ4n) is 3.10. The van der Waals surface area contributed by atoms with Crippen LogP contribution in [0.2, 0.25) is 0 Å². The van der Waals surface area contributed by atoms with Crippen LogP contribution in [0.15, 0.2) is 35.3 Å². The maximum absolute atomic E-state index is 12.5. The fourth-order valence-corrected chi connectivity index (χ4v) is 3.10. The molecule has 134 valence electrons. The molecule has 0 aliphatic heterocycles. The van der Waals surface area contributed by atoms with Gasteiger partial charge in [0.15, 0.2) is 0 Å². The number of nitrogens with one attached hydrogen (secondary N) is 1. The molecule has 0 radical (unpaired) electrons. The van der Waals surface area contributed by atoms with Gasteiger partial charge in [0.05, 0.1) is 17.3 Å². The lowest BCUT2D eigenvalue weighted by molar-refractivity contribution is -0.137. The Morgan fingerprint density at radius 2 is 1.84 bits per heavy atom.